The van der Waals surface area contributed by atoms with Crippen LogP contribution in [0.2, 0.25) is 0 Å². The van der Waals surface area contributed by atoms with Crippen LogP contribution < -0.4 is 34.5 Å². The molecule has 0 bridgehead atoms. The first-order chi connectivity index (χ1) is 10.8. The molecule has 1 heterocycles. The second kappa shape index (κ2) is 10.8. The van der Waals surface area contributed by atoms with Gasteiger partial charge in [0.05, 0.1) is 25.4 Å². The minimum Gasteiger partial charge on any atom is -0.756 e. The van der Waals surface area contributed by atoms with Crippen LogP contribution in [0.25, 0.3) is 9.69 Å². The predicted molar refractivity (Wildman–Crippen MR) is 81.0 cm³/mol. The molecule has 0 aromatic heterocycles. The monoisotopic (exact) mass is 361 g/mol. The first-order valence-electron chi connectivity index (χ1n) is 6.68. The van der Waals surface area contributed by atoms with Crippen molar-refractivity contribution in [2.45, 2.75) is 13.8 Å². The molecule has 0 saturated carbocycles. The molecular formula is C14H17N3NaO5P. The van der Waals surface area contributed by atoms with Gasteiger partial charge < -0.3 is 23.9 Å². The number of hydrogen-bond acceptors (Lipinski definition) is 5. The van der Waals surface area contributed by atoms with Crippen molar-refractivity contribution in [2.24, 2.45) is 0 Å². The van der Waals surface area contributed by atoms with E-state index in [0.29, 0.717) is 18.7 Å². The number of hydrogen-bond donors (Lipinski definition) is 1. The van der Waals surface area contributed by atoms with Crippen molar-refractivity contribution in [1.82, 2.24) is 4.90 Å². The van der Waals surface area contributed by atoms with Crippen molar-refractivity contribution >= 4 is 7.82 Å². The van der Waals surface area contributed by atoms with Gasteiger partial charge in [-0.25, -0.2) is 0 Å². The summed E-state index contributed by atoms with van der Waals surface area (Å²) in [6.07, 6.45) is 3.53. The minimum absolute atomic E-state index is 0. The topological polar surface area (TPSA) is 90.8 Å². The molecular weight excluding hydrogens is 344 g/mol. The van der Waals surface area contributed by atoms with E-state index in [9.17, 15) is 9.46 Å². The van der Waals surface area contributed by atoms with Gasteiger partial charge in [0.2, 0.25) is 0 Å². The quantitative estimate of drug-likeness (QED) is 0.261. The molecule has 124 valence electrons. The molecule has 1 unspecified atom stereocenters. The Morgan fingerprint density at radius 1 is 1.25 bits per heavy atom. The van der Waals surface area contributed by atoms with Gasteiger partial charge in [-0.15, -0.1) is 0 Å². The van der Waals surface area contributed by atoms with E-state index in [0.717, 1.165) is 11.4 Å². The zero-order chi connectivity index (χ0) is 17.5. The molecule has 0 fully saturated rings. The Hall–Kier alpha value is -0.930. The maximum atomic E-state index is 10.4. The molecule has 0 spiro atoms. The van der Waals surface area contributed by atoms with Crippen LogP contribution in [0, 0.1) is 13.1 Å². The molecule has 1 aliphatic rings. The summed E-state index contributed by atoms with van der Waals surface area (Å²) >= 11 is 0. The molecule has 0 aromatic rings. The Morgan fingerprint density at radius 2 is 1.79 bits per heavy atom. The van der Waals surface area contributed by atoms with Crippen LogP contribution in [0.1, 0.15) is 13.8 Å². The number of ether oxygens (including phenoxy) is 1. The van der Waals surface area contributed by atoms with Gasteiger partial charge in [0.1, 0.15) is 13.1 Å². The van der Waals surface area contributed by atoms with Gasteiger partial charge in [-0.3, -0.25) is 4.57 Å². The standard InChI is InChI=1S/C14H18N3O5P.Na/c1-11-9-13(14(15-3)16-4)10-12(2)17(11)5-6-21-7-8-22-23(18,19)20;/h9-10H,5-8H2,1-2H3,(H2,18,19,20);/q;+1/p-1. The molecule has 0 amide bonds. The van der Waals surface area contributed by atoms with Gasteiger partial charge in [0, 0.05) is 17.9 Å². The van der Waals surface area contributed by atoms with Crippen LogP contribution in [-0.2, 0) is 13.8 Å². The average molecular weight is 361 g/mol. The van der Waals surface area contributed by atoms with Crippen LogP contribution in [0.4, 0.5) is 0 Å². The van der Waals surface area contributed by atoms with Gasteiger partial charge >= 0.3 is 35.4 Å². The van der Waals surface area contributed by atoms with E-state index in [1.165, 1.54) is 0 Å². The van der Waals surface area contributed by atoms with Gasteiger partial charge in [-0.2, -0.15) is 9.69 Å². The van der Waals surface area contributed by atoms with Crippen LogP contribution in [0.15, 0.2) is 34.9 Å². The fourth-order valence-corrected chi connectivity index (χ4v) is 2.34. The maximum absolute atomic E-state index is 10.4. The van der Waals surface area contributed by atoms with Crippen molar-refractivity contribution in [1.29, 1.82) is 0 Å². The third kappa shape index (κ3) is 7.76. The molecule has 1 atom stereocenters. The van der Waals surface area contributed by atoms with Crippen molar-refractivity contribution in [3.63, 3.8) is 0 Å². The normalized spacial score (nSPS) is 16.1. The van der Waals surface area contributed by atoms with Crippen LogP contribution in [0.3, 0.4) is 0 Å². The molecule has 8 nitrogen and oxygen atoms in total. The number of phosphoric ester groups is 1. The van der Waals surface area contributed by atoms with E-state index in [-0.39, 0.29) is 48.6 Å². The number of allylic oxidation sites excluding steroid dienone is 5. The van der Waals surface area contributed by atoms with Gasteiger partial charge in [-0.1, -0.05) is 0 Å². The Kier molecular flexibility index (Phi) is 10.4. The van der Waals surface area contributed by atoms with E-state index in [1.807, 2.05) is 18.7 Å². The van der Waals surface area contributed by atoms with Crippen molar-refractivity contribution in [2.75, 3.05) is 26.4 Å². The summed E-state index contributed by atoms with van der Waals surface area (Å²) in [5, 5.41) is 0. The molecule has 0 radical (unpaired) electrons. The van der Waals surface area contributed by atoms with E-state index < -0.39 is 7.82 Å². The smallest absolute Gasteiger partial charge is 0.756 e. The van der Waals surface area contributed by atoms with Gasteiger partial charge in [-0.05, 0) is 26.0 Å². The van der Waals surface area contributed by atoms with Crippen LogP contribution in [-0.4, -0.2) is 36.2 Å². The molecule has 10 heteroatoms. The zero-order valence-corrected chi connectivity index (χ0v) is 16.7. The molecule has 1 aliphatic heterocycles. The summed E-state index contributed by atoms with van der Waals surface area (Å²) in [4.78, 5) is 27.1. The number of phosphoric acid groups is 1. The Labute approximate surface area is 163 Å². The minimum atomic E-state index is -4.70. The summed E-state index contributed by atoms with van der Waals surface area (Å²) in [7, 11) is -4.70. The molecule has 0 aromatic carbocycles. The maximum Gasteiger partial charge on any atom is 1.00 e. The molecule has 1 N–H and O–H groups in total. The van der Waals surface area contributed by atoms with Crippen molar-refractivity contribution < 1.29 is 53.2 Å². The van der Waals surface area contributed by atoms with E-state index in [4.69, 9.17) is 22.8 Å². The van der Waals surface area contributed by atoms with Gasteiger partial charge in [0.25, 0.3) is 7.82 Å². The fourth-order valence-electron chi connectivity index (χ4n) is 2.03. The molecule has 1 rings (SSSR count). The average Bonchev–Trinajstić information content (AvgIpc) is 2.45. The Balaban J connectivity index is 0.00000529. The Morgan fingerprint density at radius 3 is 2.25 bits per heavy atom. The fraction of sp³-hybridized carbons (Fsp3) is 0.429. The second-order valence-corrected chi connectivity index (χ2v) is 5.84. The number of rotatable bonds is 7. The van der Waals surface area contributed by atoms with Crippen LogP contribution >= 0.6 is 7.82 Å². The third-order valence-electron chi connectivity index (χ3n) is 2.99. The van der Waals surface area contributed by atoms with Crippen molar-refractivity contribution in [3.05, 3.63) is 57.8 Å². The second-order valence-electron chi connectivity index (χ2n) is 4.64. The predicted octanol–water partition coefficient (Wildman–Crippen LogP) is -1.34. The van der Waals surface area contributed by atoms with E-state index >= 15 is 0 Å². The summed E-state index contributed by atoms with van der Waals surface area (Å²) in [5.74, 6) is 0.0304. The largest absolute Gasteiger partial charge is 1.00 e. The molecule has 0 aliphatic carbocycles. The summed E-state index contributed by atoms with van der Waals surface area (Å²) in [6, 6.07) is 0. The Bertz CT molecular complexity index is 631. The SMILES string of the molecule is [C-]#[N+]C([N+]#[C-])=C1C=C(C)N(CCOCCOP(=O)([O-])O)C(C)=C1.[Na+]. The van der Waals surface area contributed by atoms with Crippen LogP contribution in [0.5, 0.6) is 0 Å². The molecule has 0 saturated heterocycles. The summed E-state index contributed by atoms with van der Waals surface area (Å²) < 4.78 is 19.8. The first kappa shape index (κ1) is 23.1. The van der Waals surface area contributed by atoms with E-state index in [1.54, 1.807) is 12.2 Å². The summed E-state index contributed by atoms with van der Waals surface area (Å²) in [5.41, 5.74) is 2.35. The zero-order valence-electron chi connectivity index (χ0n) is 13.9. The first-order valence-corrected chi connectivity index (χ1v) is 8.17. The number of nitrogens with zero attached hydrogens (tertiary/aromatic N) is 3. The third-order valence-corrected chi connectivity index (χ3v) is 3.50. The summed E-state index contributed by atoms with van der Waals surface area (Å²) in [6.45, 7) is 18.4. The molecule has 24 heavy (non-hydrogen) atoms. The van der Waals surface area contributed by atoms with Crippen molar-refractivity contribution in [3.8, 4) is 0 Å². The van der Waals surface area contributed by atoms with E-state index in [2.05, 4.69) is 14.2 Å². The van der Waals surface area contributed by atoms with Gasteiger partial charge in [0.15, 0.2) is 0 Å².